The third-order valence-electron chi connectivity index (χ3n) is 16.5. The van der Waals surface area contributed by atoms with Gasteiger partial charge >= 0.3 is 0 Å². The number of carbonyl (C=O) groups excluding carboxylic acids is 1. The third-order valence-corrected chi connectivity index (χ3v) is 16.5. The Morgan fingerprint density at radius 3 is 1.09 bits per heavy atom. The Hall–Kier alpha value is -1.33. The average molecular weight is 1090 g/mol. The summed E-state index contributed by atoms with van der Waals surface area (Å²) in [7, 11) is 0. The SMILES string of the molecule is CCCCCCCCCCCCCCCCCCCCCC/C=C/CC/C=C/C(O)C(COC1OC(CO)C(O)C(O)C1O)NC(=O)CCCCCCCCCCCCCCCCCCCCCCCCCCCCCC. The molecule has 0 aromatic heterocycles. The highest BCUT2D eigenvalue weighted by Gasteiger charge is 2.44. The van der Waals surface area contributed by atoms with Gasteiger partial charge in [0, 0.05) is 6.42 Å². The Morgan fingerprint density at radius 1 is 0.429 bits per heavy atom. The second kappa shape index (κ2) is 57.9. The van der Waals surface area contributed by atoms with E-state index in [2.05, 4.69) is 31.3 Å². The van der Waals surface area contributed by atoms with Crippen LogP contribution >= 0.6 is 0 Å². The smallest absolute Gasteiger partial charge is 0.220 e. The molecule has 1 saturated heterocycles. The Labute approximate surface area is 477 Å². The van der Waals surface area contributed by atoms with Gasteiger partial charge in [0.25, 0.3) is 0 Å². The van der Waals surface area contributed by atoms with Crippen LogP contribution in [0.1, 0.15) is 348 Å². The Morgan fingerprint density at radius 2 is 0.740 bits per heavy atom. The molecule has 6 N–H and O–H groups in total. The molecule has 456 valence electrons. The van der Waals surface area contributed by atoms with E-state index in [4.69, 9.17) is 9.47 Å². The number of allylic oxidation sites excluding steroid dienone is 3. The van der Waals surface area contributed by atoms with Crippen molar-refractivity contribution in [2.75, 3.05) is 13.2 Å². The van der Waals surface area contributed by atoms with E-state index in [1.54, 1.807) is 6.08 Å². The molecule has 1 aliphatic rings. The predicted molar refractivity (Wildman–Crippen MR) is 327 cm³/mol. The van der Waals surface area contributed by atoms with Crippen LogP contribution in [0.5, 0.6) is 0 Å². The molecule has 0 saturated carbocycles. The van der Waals surface area contributed by atoms with E-state index in [1.165, 1.54) is 289 Å². The summed E-state index contributed by atoms with van der Waals surface area (Å²) >= 11 is 0. The van der Waals surface area contributed by atoms with Crippen LogP contribution in [0.15, 0.2) is 24.3 Å². The lowest BCUT2D eigenvalue weighted by Gasteiger charge is -2.40. The van der Waals surface area contributed by atoms with Crippen LogP contribution in [-0.4, -0.2) is 87.5 Å². The van der Waals surface area contributed by atoms with E-state index in [0.29, 0.717) is 6.42 Å². The molecule has 1 fully saturated rings. The minimum Gasteiger partial charge on any atom is -0.394 e. The number of rotatable bonds is 60. The standard InChI is InChI=1S/C68H131NO8/c1-3-5-7-9-11-13-15-17-19-21-23-25-27-29-31-32-34-36-38-40-42-44-46-48-50-52-54-56-58-64(72)69-61(60-76-68-67(75)66(74)65(73)63(59-70)77-68)62(71)57-55-53-51-49-47-45-43-41-39-37-35-33-30-28-26-24-22-20-18-16-14-12-10-8-6-4-2/h47,49,55,57,61-63,65-68,70-71,73-75H,3-46,48,50-54,56,58-60H2,1-2H3,(H,69,72)/b49-47+,57-55+. The normalized spacial score (nSPS) is 18.8. The number of carbonyl (C=O) groups is 1. The molecule has 1 amide bonds. The fraction of sp³-hybridized carbons (Fsp3) is 0.926. The molecule has 0 aliphatic carbocycles. The maximum atomic E-state index is 13.1. The number of ether oxygens (including phenoxy) is 2. The highest BCUT2D eigenvalue weighted by Crippen LogP contribution is 2.23. The van der Waals surface area contributed by atoms with Crippen molar-refractivity contribution in [3.63, 3.8) is 0 Å². The van der Waals surface area contributed by atoms with Crippen molar-refractivity contribution >= 4 is 5.91 Å². The zero-order valence-corrected chi connectivity index (χ0v) is 51.0. The molecule has 0 aromatic rings. The second-order valence-electron chi connectivity index (χ2n) is 24.0. The van der Waals surface area contributed by atoms with Gasteiger partial charge in [0.15, 0.2) is 6.29 Å². The van der Waals surface area contributed by atoms with Gasteiger partial charge in [-0.15, -0.1) is 0 Å². The number of unbranched alkanes of at least 4 members (excludes halogenated alkanes) is 48. The van der Waals surface area contributed by atoms with E-state index >= 15 is 0 Å². The van der Waals surface area contributed by atoms with Gasteiger partial charge in [-0.2, -0.15) is 0 Å². The lowest BCUT2D eigenvalue weighted by molar-refractivity contribution is -0.302. The quantitative estimate of drug-likeness (QED) is 0.0261. The molecule has 1 aliphatic heterocycles. The van der Waals surface area contributed by atoms with Crippen LogP contribution in [0.2, 0.25) is 0 Å². The summed E-state index contributed by atoms with van der Waals surface area (Å²) in [5.41, 5.74) is 0. The van der Waals surface area contributed by atoms with Crippen molar-refractivity contribution in [2.45, 2.75) is 391 Å². The molecule has 1 heterocycles. The maximum Gasteiger partial charge on any atom is 0.220 e. The van der Waals surface area contributed by atoms with Crippen molar-refractivity contribution in [1.82, 2.24) is 5.32 Å². The number of aliphatic hydroxyl groups excluding tert-OH is 5. The first-order valence-corrected chi connectivity index (χ1v) is 34.1. The van der Waals surface area contributed by atoms with Crippen LogP contribution < -0.4 is 5.32 Å². The number of amides is 1. The molecular formula is C68H131NO8. The van der Waals surface area contributed by atoms with E-state index in [1.807, 2.05) is 6.08 Å². The lowest BCUT2D eigenvalue weighted by Crippen LogP contribution is -2.60. The molecule has 77 heavy (non-hydrogen) atoms. The third kappa shape index (κ3) is 46.9. The van der Waals surface area contributed by atoms with Crippen LogP contribution in [0.25, 0.3) is 0 Å². The Kier molecular flexibility index (Phi) is 55.4. The van der Waals surface area contributed by atoms with Gasteiger partial charge in [0.05, 0.1) is 25.4 Å². The summed E-state index contributed by atoms with van der Waals surface area (Å²) in [6.07, 6.45) is 68.6. The van der Waals surface area contributed by atoms with Crippen LogP contribution in [-0.2, 0) is 14.3 Å². The van der Waals surface area contributed by atoms with Crippen LogP contribution in [0.3, 0.4) is 0 Å². The van der Waals surface area contributed by atoms with E-state index in [-0.39, 0.29) is 12.5 Å². The van der Waals surface area contributed by atoms with Gasteiger partial charge in [-0.25, -0.2) is 0 Å². The summed E-state index contributed by atoms with van der Waals surface area (Å²) in [6, 6.07) is -0.820. The average Bonchev–Trinajstić information content (AvgIpc) is 3.43. The summed E-state index contributed by atoms with van der Waals surface area (Å²) in [5, 5.41) is 54.7. The minimum atomic E-state index is -1.57. The predicted octanol–water partition coefficient (Wildman–Crippen LogP) is 18.1. The van der Waals surface area contributed by atoms with Gasteiger partial charge in [0.2, 0.25) is 5.91 Å². The van der Waals surface area contributed by atoms with Crippen molar-refractivity contribution in [1.29, 1.82) is 0 Å². The molecule has 9 nitrogen and oxygen atoms in total. The fourth-order valence-corrected chi connectivity index (χ4v) is 11.2. The zero-order valence-electron chi connectivity index (χ0n) is 51.0. The van der Waals surface area contributed by atoms with E-state index in [9.17, 15) is 30.3 Å². The number of hydrogen-bond donors (Lipinski definition) is 6. The van der Waals surface area contributed by atoms with Crippen LogP contribution in [0, 0.1) is 0 Å². The molecule has 1 rings (SSSR count). The molecular weight excluding hydrogens is 959 g/mol. The first kappa shape index (κ1) is 73.7. The van der Waals surface area contributed by atoms with Crippen molar-refractivity contribution < 1.29 is 39.8 Å². The zero-order chi connectivity index (χ0) is 55.8. The molecule has 7 atom stereocenters. The molecule has 7 unspecified atom stereocenters. The molecule has 9 heteroatoms. The molecule has 0 aromatic carbocycles. The highest BCUT2D eigenvalue weighted by atomic mass is 16.7. The van der Waals surface area contributed by atoms with Crippen LogP contribution in [0.4, 0.5) is 0 Å². The van der Waals surface area contributed by atoms with Crippen molar-refractivity contribution in [3.05, 3.63) is 24.3 Å². The Bertz CT molecular complexity index is 1260. The number of nitrogens with one attached hydrogen (secondary N) is 1. The summed E-state index contributed by atoms with van der Waals surface area (Å²) in [5.74, 6) is -0.178. The summed E-state index contributed by atoms with van der Waals surface area (Å²) < 4.78 is 11.3. The van der Waals surface area contributed by atoms with Gasteiger partial charge in [-0.05, 0) is 32.1 Å². The maximum absolute atomic E-state index is 13.1. The van der Waals surface area contributed by atoms with Crippen molar-refractivity contribution in [3.8, 4) is 0 Å². The minimum absolute atomic E-state index is 0.178. The fourth-order valence-electron chi connectivity index (χ4n) is 11.2. The van der Waals surface area contributed by atoms with Gasteiger partial charge in [-0.3, -0.25) is 4.79 Å². The first-order chi connectivity index (χ1) is 37.8. The second-order valence-corrected chi connectivity index (χ2v) is 24.0. The molecule has 0 bridgehead atoms. The summed E-state index contributed by atoms with van der Waals surface area (Å²) in [6.45, 7) is 3.82. The van der Waals surface area contributed by atoms with Gasteiger partial charge in [0.1, 0.15) is 24.4 Å². The molecule has 0 spiro atoms. The number of hydrogen-bond acceptors (Lipinski definition) is 8. The monoisotopic (exact) mass is 1090 g/mol. The van der Waals surface area contributed by atoms with Crippen molar-refractivity contribution in [2.24, 2.45) is 0 Å². The van der Waals surface area contributed by atoms with E-state index in [0.717, 1.165) is 38.5 Å². The van der Waals surface area contributed by atoms with E-state index < -0.39 is 49.5 Å². The topological polar surface area (TPSA) is 149 Å². The highest BCUT2D eigenvalue weighted by molar-refractivity contribution is 5.76. The summed E-state index contributed by atoms with van der Waals surface area (Å²) in [4.78, 5) is 13.1. The first-order valence-electron chi connectivity index (χ1n) is 34.1. The molecule has 0 radical (unpaired) electrons. The van der Waals surface area contributed by atoms with Gasteiger partial charge < -0.3 is 40.3 Å². The van der Waals surface area contributed by atoms with Gasteiger partial charge in [-0.1, -0.05) is 334 Å². The lowest BCUT2D eigenvalue weighted by atomic mass is 9.99. The largest absolute Gasteiger partial charge is 0.394 e. The number of aliphatic hydroxyl groups is 5. The Balaban J connectivity index is 2.15.